The van der Waals surface area contributed by atoms with Gasteiger partial charge in [0, 0.05) is 18.7 Å². The van der Waals surface area contributed by atoms with Crippen LogP contribution < -0.4 is 5.32 Å². The highest BCUT2D eigenvalue weighted by atomic mass is 16.5. The largest absolute Gasteiger partial charge is 0.361 e. The molecule has 1 amide bonds. The lowest BCUT2D eigenvalue weighted by Crippen LogP contribution is -2.50. The van der Waals surface area contributed by atoms with Gasteiger partial charge in [0.2, 0.25) is 5.91 Å². The van der Waals surface area contributed by atoms with Gasteiger partial charge >= 0.3 is 0 Å². The van der Waals surface area contributed by atoms with Crippen LogP contribution in [-0.2, 0) is 11.3 Å². The van der Waals surface area contributed by atoms with E-state index in [4.69, 9.17) is 4.52 Å². The number of rotatable bonds is 5. The minimum atomic E-state index is 0.0154. The first kappa shape index (κ1) is 16.0. The predicted octanol–water partition coefficient (Wildman–Crippen LogP) is 2.42. The molecule has 1 saturated heterocycles. The molecule has 1 fully saturated rings. The zero-order chi connectivity index (χ0) is 15.4. The average Bonchev–Trinajstić information content (AvgIpc) is 2.75. The van der Waals surface area contributed by atoms with E-state index in [2.05, 4.69) is 29.2 Å². The van der Waals surface area contributed by atoms with Gasteiger partial charge in [0.1, 0.15) is 5.76 Å². The van der Waals surface area contributed by atoms with Crippen LogP contribution in [0.25, 0.3) is 0 Å². The van der Waals surface area contributed by atoms with Crippen molar-refractivity contribution in [1.29, 1.82) is 0 Å². The van der Waals surface area contributed by atoms with Crippen LogP contribution >= 0.6 is 0 Å². The van der Waals surface area contributed by atoms with Crippen molar-refractivity contribution in [3.05, 3.63) is 17.0 Å². The van der Waals surface area contributed by atoms with Crippen LogP contribution in [0.5, 0.6) is 0 Å². The maximum atomic E-state index is 12.5. The van der Waals surface area contributed by atoms with Crippen molar-refractivity contribution in [3.63, 3.8) is 0 Å². The molecule has 0 spiro atoms. The molecule has 5 nitrogen and oxygen atoms in total. The van der Waals surface area contributed by atoms with Gasteiger partial charge in [-0.25, -0.2) is 0 Å². The van der Waals surface area contributed by atoms with Crippen molar-refractivity contribution in [2.45, 2.75) is 59.5 Å². The zero-order valence-corrected chi connectivity index (χ0v) is 13.6. The molecule has 1 aromatic heterocycles. The summed E-state index contributed by atoms with van der Waals surface area (Å²) in [4.78, 5) is 14.8. The zero-order valence-electron chi connectivity index (χ0n) is 13.6. The van der Waals surface area contributed by atoms with Crippen molar-refractivity contribution in [3.8, 4) is 0 Å². The molecule has 21 heavy (non-hydrogen) atoms. The molecule has 0 saturated carbocycles. The maximum absolute atomic E-state index is 12.5. The second-order valence-electron chi connectivity index (χ2n) is 6.42. The third-order valence-corrected chi connectivity index (χ3v) is 4.14. The second kappa shape index (κ2) is 7.07. The average molecular weight is 293 g/mol. The summed E-state index contributed by atoms with van der Waals surface area (Å²) in [5.74, 6) is 1.51. The number of piperidine rings is 1. The number of amides is 1. The SMILES string of the molecule is Cc1noc(C)c1CNC(=O)[C@@H]1CCCCN1CC(C)C. The Bertz CT molecular complexity index is 462. The molecule has 1 aliphatic heterocycles. The highest BCUT2D eigenvalue weighted by Crippen LogP contribution is 2.19. The second-order valence-corrected chi connectivity index (χ2v) is 6.42. The summed E-state index contributed by atoms with van der Waals surface area (Å²) < 4.78 is 5.14. The molecule has 0 bridgehead atoms. The maximum Gasteiger partial charge on any atom is 0.237 e. The molecule has 118 valence electrons. The summed E-state index contributed by atoms with van der Waals surface area (Å²) in [6, 6.07) is 0.0154. The number of hydrogen-bond donors (Lipinski definition) is 1. The third kappa shape index (κ3) is 4.06. The van der Waals surface area contributed by atoms with Gasteiger partial charge in [-0.05, 0) is 39.2 Å². The number of carbonyl (C=O) groups is 1. The molecule has 5 heteroatoms. The molecule has 2 heterocycles. The van der Waals surface area contributed by atoms with Crippen molar-refractivity contribution in [1.82, 2.24) is 15.4 Å². The van der Waals surface area contributed by atoms with Crippen LogP contribution in [0, 0.1) is 19.8 Å². The number of carbonyl (C=O) groups excluding carboxylic acids is 1. The van der Waals surface area contributed by atoms with E-state index >= 15 is 0 Å². The lowest BCUT2D eigenvalue weighted by molar-refractivity contribution is -0.128. The highest BCUT2D eigenvalue weighted by molar-refractivity contribution is 5.81. The van der Waals surface area contributed by atoms with Crippen molar-refractivity contribution in [2.75, 3.05) is 13.1 Å². The summed E-state index contributed by atoms with van der Waals surface area (Å²) in [6.45, 7) is 10.7. The summed E-state index contributed by atoms with van der Waals surface area (Å²) in [7, 11) is 0. The summed E-state index contributed by atoms with van der Waals surface area (Å²) in [5.41, 5.74) is 1.85. The van der Waals surface area contributed by atoms with E-state index in [1.807, 2.05) is 13.8 Å². The fourth-order valence-electron chi connectivity index (χ4n) is 3.02. The van der Waals surface area contributed by atoms with Gasteiger partial charge in [0.05, 0.1) is 11.7 Å². The summed E-state index contributed by atoms with van der Waals surface area (Å²) in [5, 5.41) is 6.98. The van der Waals surface area contributed by atoms with Crippen molar-refractivity contribution < 1.29 is 9.32 Å². The van der Waals surface area contributed by atoms with E-state index in [1.54, 1.807) is 0 Å². The molecule has 0 aromatic carbocycles. The van der Waals surface area contributed by atoms with E-state index < -0.39 is 0 Å². The van der Waals surface area contributed by atoms with Gasteiger partial charge in [-0.1, -0.05) is 25.4 Å². The van der Waals surface area contributed by atoms with E-state index in [9.17, 15) is 4.79 Å². The predicted molar refractivity (Wildman–Crippen MR) is 81.9 cm³/mol. The molecule has 1 atom stereocenters. The Labute approximate surface area is 127 Å². The third-order valence-electron chi connectivity index (χ3n) is 4.14. The minimum absolute atomic E-state index is 0.0154. The lowest BCUT2D eigenvalue weighted by Gasteiger charge is -2.35. The Morgan fingerprint density at radius 1 is 1.43 bits per heavy atom. The number of aromatic nitrogens is 1. The molecular formula is C16H27N3O2. The molecule has 0 unspecified atom stereocenters. The Morgan fingerprint density at radius 3 is 2.81 bits per heavy atom. The number of aryl methyl sites for hydroxylation is 2. The van der Waals surface area contributed by atoms with Crippen LogP contribution in [0.15, 0.2) is 4.52 Å². The molecule has 0 aliphatic carbocycles. The number of likely N-dealkylation sites (tertiary alicyclic amines) is 1. The van der Waals surface area contributed by atoms with Crippen LogP contribution in [0.3, 0.4) is 0 Å². The lowest BCUT2D eigenvalue weighted by atomic mass is 9.99. The quantitative estimate of drug-likeness (QED) is 0.906. The normalized spacial score (nSPS) is 20.0. The van der Waals surface area contributed by atoms with Crippen LogP contribution in [0.2, 0.25) is 0 Å². The van der Waals surface area contributed by atoms with Crippen LogP contribution in [-0.4, -0.2) is 35.1 Å². The first-order chi connectivity index (χ1) is 9.99. The number of hydrogen-bond acceptors (Lipinski definition) is 4. The van der Waals surface area contributed by atoms with Crippen molar-refractivity contribution in [2.24, 2.45) is 5.92 Å². The van der Waals surface area contributed by atoms with E-state index in [-0.39, 0.29) is 11.9 Å². The topological polar surface area (TPSA) is 58.4 Å². The minimum Gasteiger partial charge on any atom is -0.361 e. The van der Waals surface area contributed by atoms with Gasteiger partial charge in [-0.3, -0.25) is 9.69 Å². The fraction of sp³-hybridized carbons (Fsp3) is 0.750. The molecule has 1 aromatic rings. The van der Waals surface area contributed by atoms with Crippen molar-refractivity contribution >= 4 is 5.91 Å². The first-order valence-electron chi connectivity index (χ1n) is 7.92. The smallest absolute Gasteiger partial charge is 0.237 e. The first-order valence-corrected chi connectivity index (χ1v) is 7.92. The summed E-state index contributed by atoms with van der Waals surface area (Å²) in [6.07, 6.45) is 3.29. The molecule has 0 radical (unpaired) electrons. The number of nitrogens with one attached hydrogen (secondary N) is 1. The van der Waals surface area contributed by atoms with Gasteiger partial charge in [0.25, 0.3) is 0 Å². The van der Waals surface area contributed by atoms with Gasteiger partial charge in [-0.15, -0.1) is 0 Å². The summed E-state index contributed by atoms with van der Waals surface area (Å²) >= 11 is 0. The van der Waals surface area contributed by atoms with E-state index in [0.717, 1.165) is 42.9 Å². The van der Waals surface area contributed by atoms with Crippen LogP contribution in [0.4, 0.5) is 0 Å². The number of nitrogens with zero attached hydrogens (tertiary/aromatic N) is 2. The molecule has 2 rings (SSSR count). The Hall–Kier alpha value is -1.36. The van der Waals surface area contributed by atoms with E-state index in [0.29, 0.717) is 12.5 Å². The molecule has 1 N–H and O–H groups in total. The highest BCUT2D eigenvalue weighted by Gasteiger charge is 2.28. The van der Waals surface area contributed by atoms with Gasteiger partial charge < -0.3 is 9.84 Å². The van der Waals surface area contributed by atoms with E-state index in [1.165, 1.54) is 6.42 Å². The Balaban J connectivity index is 1.94. The molecule has 1 aliphatic rings. The monoisotopic (exact) mass is 293 g/mol. The molecular weight excluding hydrogens is 266 g/mol. The Morgan fingerprint density at radius 2 is 2.19 bits per heavy atom. The van der Waals surface area contributed by atoms with Gasteiger partial charge in [0.15, 0.2) is 0 Å². The Kier molecular flexibility index (Phi) is 5.39. The standard InChI is InChI=1S/C16H27N3O2/c1-11(2)10-19-8-6-5-7-15(19)16(20)17-9-14-12(3)18-21-13(14)4/h11,15H,5-10H2,1-4H3,(H,17,20)/t15-/m0/s1. The van der Waals surface area contributed by atoms with Gasteiger partial charge in [-0.2, -0.15) is 0 Å². The van der Waals surface area contributed by atoms with Crippen LogP contribution in [0.1, 0.15) is 50.1 Å². The fourth-order valence-corrected chi connectivity index (χ4v) is 3.02.